The van der Waals surface area contributed by atoms with Gasteiger partial charge in [-0.2, -0.15) is 0 Å². The maximum Gasteiger partial charge on any atom is 0.0608 e. The lowest BCUT2D eigenvalue weighted by atomic mass is 9.93. The molecule has 3 nitrogen and oxygen atoms in total. The standard InChI is InChI=1S/C16H27N3/c1-5-9-17-15-8-10-19(11-12(15)2)16-7-6-13(3)18-14(16)4/h6-7,12,15,17H,5,8-11H2,1-4H3. The van der Waals surface area contributed by atoms with Crippen LogP contribution in [0.1, 0.15) is 38.1 Å². The smallest absolute Gasteiger partial charge is 0.0608 e. The monoisotopic (exact) mass is 261 g/mol. The number of pyridine rings is 1. The number of hydrogen-bond donors (Lipinski definition) is 1. The van der Waals surface area contributed by atoms with Gasteiger partial charge in [0.2, 0.25) is 0 Å². The van der Waals surface area contributed by atoms with Crippen molar-refractivity contribution in [2.24, 2.45) is 5.92 Å². The van der Waals surface area contributed by atoms with Gasteiger partial charge in [-0.05, 0) is 51.3 Å². The Balaban J connectivity index is 2.01. The van der Waals surface area contributed by atoms with Crippen LogP contribution < -0.4 is 10.2 Å². The molecule has 2 unspecified atom stereocenters. The van der Waals surface area contributed by atoms with Crippen molar-refractivity contribution in [3.8, 4) is 0 Å². The lowest BCUT2D eigenvalue weighted by Crippen LogP contribution is -2.48. The topological polar surface area (TPSA) is 28.2 Å². The largest absolute Gasteiger partial charge is 0.370 e. The number of nitrogens with one attached hydrogen (secondary N) is 1. The summed E-state index contributed by atoms with van der Waals surface area (Å²) in [5.74, 6) is 0.695. The molecule has 1 fully saturated rings. The van der Waals surface area contributed by atoms with Crippen molar-refractivity contribution < 1.29 is 0 Å². The molecule has 1 aliphatic rings. The first-order chi connectivity index (χ1) is 9.11. The van der Waals surface area contributed by atoms with E-state index in [1.54, 1.807) is 0 Å². The molecule has 0 saturated carbocycles. The van der Waals surface area contributed by atoms with Gasteiger partial charge < -0.3 is 10.2 Å². The van der Waals surface area contributed by atoms with Crippen LogP contribution in [0.15, 0.2) is 12.1 Å². The van der Waals surface area contributed by atoms with Crippen LogP contribution in [0, 0.1) is 19.8 Å². The predicted octanol–water partition coefficient (Wildman–Crippen LogP) is 2.91. The zero-order chi connectivity index (χ0) is 13.8. The van der Waals surface area contributed by atoms with Gasteiger partial charge in [0.15, 0.2) is 0 Å². The quantitative estimate of drug-likeness (QED) is 0.903. The Morgan fingerprint density at radius 3 is 2.79 bits per heavy atom. The van der Waals surface area contributed by atoms with Crippen LogP contribution in [0.25, 0.3) is 0 Å². The third-order valence-corrected chi connectivity index (χ3v) is 4.10. The average molecular weight is 261 g/mol. The molecule has 19 heavy (non-hydrogen) atoms. The highest BCUT2D eigenvalue weighted by Gasteiger charge is 2.26. The fraction of sp³-hybridized carbons (Fsp3) is 0.688. The number of piperidine rings is 1. The number of rotatable bonds is 4. The first-order valence-corrected chi connectivity index (χ1v) is 7.54. The predicted molar refractivity (Wildman–Crippen MR) is 81.8 cm³/mol. The van der Waals surface area contributed by atoms with E-state index in [1.807, 2.05) is 0 Å². The Hall–Kier alpha value is -1.09. The molecule has 0 aromatic carbocycles. The molecule has 2 rings (SSSR count). The third kappa shape index (κ3) is 3.47. The molecule has 1 saturated heterocycles. The molecule has 1 aromatic rings. The average Bonchev–Trinajstić information content (AvgIpc) is 2.37. The fourth-order valence-corrected chi connectivity index (χ4v) is 3.01. The second-order valence-electron chi connectivity index (χ2n) is 5.83. The third-order valence-electron chi connectivity index (χ3n) is 4.10. The van der Waals surface area contributed by atoms with Crippen LogP contribution in [0.3, 0.4) is 0 Å². The van der Waals surface area contributed by atoms with Gasteiger partial charge in [0.05, 0.1) is 11.4 Å². The van der Waals surface area contributed by atoms with E-state index >= 15 is 0 Å². The lowest BCUT2D eigenvalue weighted by molar-refractivity contribution is 0.322. The van der Waals surface area contributed by atoms with Crippen molar-refractivity contribution in [3.63, 3.8) is 0 Å². The first kappa shape index (κ1) is 14.3. The summed E-state index contributed by atoms with van der Waals surface area (Å²) in [4.78, 5) is 7.08. The maximum absolute atomic E-state index is 4.59. The highest BCUT2D eigenvalue weighted by Crippen LogP contribution is 2.25. The summed E-state index contributed by atoms with van der Waals surface area (Å²) >= 11 is 0. The molecule has 0 radical (unpaired) electrons. The SMILES string of the molecule is CCCNC1CCN(c2ccc(C)nc2C)CC1C. The van der Waals surface area contributed by atoms with E-state index in [0.29, 0.717) is 12.0 Å². The fourth-order valence-electron chi connectivity index (χ4n) is 3.01. The molecule has 106 valence electrons. The molecule has 3 heteroatoms. The Morgan fingerprint density at radius 1 is 1.37 bits per heavy atom. The number of nitrogens with zero attached hydrogens (tertiary/aromatic N) is 2. The summed E-state index contributed by atoms with van der Waals surface area (Å²) in [6, 6.07) is 5.02. The minimum absolute atomic E-state index is 0.676. The number of hydrogen-bond acceptors (Lipinski definition) is 3. The van der Waals surface area contributed by atoms with Crippen molar-refractivity contribution in [2.45, 2.75) is 46.6 Å². The summed E-state index contributed by atoms with van der Waals surface area (Å²) in [5, 5.41) is 3.67. The summed E-state index contributed by atoms with van der Waals surface area (Å²) in [5.41, 5.74) is 3.58. The van der Waals surface area contributed by atoms with E-state index in [-0.39, 0.29) is 0 Å². The Bertz CT molecular complexity index is 416. The summed E-state index contributed by atoms with van der Waals surface area (Å²) in [7, 11) is 0. The van der Waals surface area contributed by atoms with Crippen LogP contribution in [0.4, 0.5) is 5.69 Å². The minimum atomic E-state index is 0.676. The van der Waals surface area contributed by atoms with Gasteiger partial charge in [0.1, 0.15) is 0 Å². The maximum atomic E-state index is 4.59. The van der Waals surface area contributed by atoms with Gasteiger partial charge >= 0.3 is 0 Å². The number of aryl methyl sites for hydroxylation is 2. The van der Waals surface area contributed by atoms with Gasteiger partial charge in [-0.3, -0.25) is 4.98 Å². The van der Waals surface area contributed by atoms with Crippen LogP contribution in [-0.4, -0.2) is 30.7 Å². The van der Waals surface area contributed by atoms with E-state index in [1.165, 1.54) is 18.5 Å². The van der Waals surface area contributed by atoms with E-state index in [0.717, 1.165) is 31.0 Å². The zero-order valence-corrected chi connectivity index (χ0v) is 12.7. The zero-order valence-electron chi connectivity index (χ0n) is 12.7. The van der Waals surface area contributed by atoms with Gasteiger partial charge in [-0.1, -0.05) is 13.8 Å². The minimum Gasteiger partial charge on any atom is -0.370 e. The number of aromatic nitrogens is 1. The highest BCUT2D eigenvalue weighted by atomic mass is 15.2. The molecular formula is C16H27N3. The summed E-state index contributed by atoms with van der Waals surface area (Å²) in [6.45, 7) is 12.2. The van der Waals surface area contributed by atoms with E-state index in [4.69, 9.17) is 0 Å². The molecule has 2 atom stereocenters. The van der Waals surface area contributed by atoms with Gasteiger partial charge in [-0.25, -0.2) is 0 Å². The van der Waals surface area contributed by atoms with Crippen molar-refractivity contribution in [2.75, 3.05) is 24.5 Å². The van der Waals surface area contributed by atoms with E-state index < -0.39 is 0 Å². The first-order valence-electron chi connectivity index (χ1n) is 7.54. The molecule has 1 aromatic heterocycles. The Labute approximate surface area is 117 Å². The van der Waals surface area contributed by atoms with Gasteiger partial charge in [0.25, 0.3) is 0 Å². The van der Waals surface area contributed by atoms with Crippen LogP contribution in [-0.2, 0) is 0 Å². The van der Waals surface area contributed by atoms with Crippen molar-refractivity contribution >= 4 is 5.69 Å². The molecular weight excluding hydrogens is 234 g/mol. The normalized spacial score (nSPS) is 23.7. The van der Waals surface area contributed by atoms with Gasteiger partial charge in [-0.15, -0.1) is 0 Å². The van der Waals surface area contributed by atoms with Crippen LogP contribution in [0.5, 0.6) is 0 Å². The van der Waals surface area contributed by atoms with Crippen molar-refractivity contribution in [3.05, 3.63) is 23.5 Å². The Morgan fingerprint density at radius 2 is 2.16 bits per heavy atom. The van der Waals surface area contributed by atoms with Crippen LogP contribution in [0.2, 0.25) is 0 Å². The summed E-state index contributed by atoms with van der Waals surface area (Å²) in [6.07, 6.45) is 2.45. The van der Waals surface area contributed by atoms with E-state index in [2.05, 4.69) is 55.0 Å². The molecule has 0 aliphatic carbocycles. The highest BCUT2D eigenvalue weighted by molar-refractivity contribution is 5.51. The van der Waals surface area contributed by atoms with E-state index in [9.17, 15) is 0 Å². The lowest BCUT2D eigenvalue weighted by Gasteiger charge is -2.39. The molecule has 1 aliphatic heterocycles. The molecule has 1 N–H and O–H groups in total. The molecule has 0 bridgehead atoms. The summed E-state index contributed by atoms with van der Waals surface area (Å²) < 4.78 is 0. The number of anilines is 1. The second-order valence-corrected chi connectivity index (χ2v) is 5.83. The molecule has 2 heterocycles. The molecule has 0 spiro atoms. The molecule has 0 amide bonds. The van der Waals surface area contributed by atoms with Crippen LogP contribution >= 0.6 is 0 Å². The van der Waals surface area contributed by atoms with Gasteiger partial charge in [0, 0.05) is 24.8 Å². The second kappa shape index (κ2) is 6.38. The Kier molecular flexibility index (Phi) is 4.81. The van der Waals surface area contributed by atoms with Crippen molar-refractivity contribution in [1.29, 1.82) is 0 Å². The van der Waals surface area contributed by atoms with Crippen molar-refractivity contribution in [1.82, 2.24) is 10.3 Å².